The Bertz CT molecular complexity index is 694. The SMILES string of the molecule is CC(CN)C(=O)O[C@H]1CC[C@]2(C)[C@H]3CC[C@]4(C)C(=O)CC[C@H]4[C@@H]3[C@H](C)C[C@@]2(O)C1. The first-order chi connectivity index (χ1) is 13.6. The van der Waals surface area contributed by atoms with Crippen LogP contribution in [0, 0.1) is 40.4 Å². The molecule has 0 aromatic rings. The van der Waals surface area contributed by atoms with Crippen molar-refractivity contribution in [2.75, 3.05) is 6.54 Å². The minimum atomic E-state index is -0.806. The summed E-state index contributed by atoms with van der Waals surface area (Å²) in [6.07, 6.45) is 6.48. The highest BCUT2D eigenvalue weighted by molar-refractivity contribution is 5.87. The molecule has 9 atom stereocenters. The Morgan fingerprint density at radius 3 is 2.62 bits per heavy atom. The minimum Gasteiger partial charge on any atom is -0.462 e. The van der Waals surface area contributed by atoms with E-state index in [0.717, 1.165) is 44.9 Å². The molecule has 4 saturated carbocycles. The highest BCUT2D eigenvalue weighted by Crippen LogP contribution is 2.68. The molecule has 0 aromatic carbocycles. The van der Waals surface area contributed by atoms with Crippen LogP contribution in [-0.4, -0.2) is 35.1 Å². The van der Waals surface area contributed by atoms with E-state index in [-0.39, 0.29) is 35.4 Å². The van der Waals surface area contributed by atoms with Crippen molar-refractivity contribution in [3.05, 3.63) is 0 Å². The molecule has 0 heterocycles. The molecule has 1 unspecified atom stereocenters. The van der Waals surface area contributed by atoms with E-state index in [1.54, 1.807) is 6.92 Å². The summed E-state index contributed by atoms with van der Waals surface area (Å²) in [5, 5.41) is 11.9. The molecule has 0 amide bonds. The molecular weight excluding hydrogens is 366 g/mol. The predicted octanol–water partition coefficient (Wildman–Crippen LogP) is 3.47. The molecule has 164 valence electrons. The lowest BCUT2D eigenvalue weighted by Crippen LogP contribution is -2.65. The van der Waals surface area contributed by atoms with Crippen LogP contribution in [0.25, 0.3) is 0 Å². The molecule has 4 rings (SSSR count). The van der Waals surface area contributed by atoms with Crippen molar-refractivity contribution < 1.29 is 19.4 Å². The first-order valence-electron chi connectivity index (χ1n) is 11.7. The second kappa shape index (κ2) is 7.05. The normalized spacial score (nSPS) is 50.3. The van der Waals surface area contributed by atoms with Gasteiger partial charge in [0.15, 0.2) is 0 Å². The number of aliphatic hydroxyl groups is 1. The summed E-state index contributed by atoms with van der Waals surface area (Å²) in [5.41, 5.74) is 4.49. The topological polar surface area (TPSA) is 89.6 Å². The van der Waals surface area contributed by atoms with Crippen molar-refractivity contribution in [1.82, 2.24) is 0 Å². The van der Waals surface area contributed by atoms with Crippen LogP contribution in [0.1, 0.15) is 79.1 Å². The van der Waals surface area contributed by atoms with Crippen molar-refractivity contribution in [3.8, 4) is 0 Å². The zero-order valence-electron chi connectivity index (χ0n) is 18.6. The third-order valence-electron chi connectivity index (χ3n) is 9.83. The van der Waals surface area contributed by atoms with Gasteiger partial charge < -0.3 is 15.6 Å². The predicted molar refractivity (Wildman–Crippen MR) is 111 cm³/mol. The summed E-state index contributed by atoms with van der Waals surface area (Å²) in [4.78, 5) is 24.9. The third kappa shape index (κ3) is 3.02. The molecule has 5 heteroatoms. The highest BCUT2D eigenvalue weighted by atomic mass is 16.5. The fourth-order valence-electron chi connectivity index (χ4n) is 7.90. The molecule has 0 saturated heterocycles. The number of carbonyl (C=O) groups excluding carboxylic acids is 2. The molecule has 0 aromatic heterocycles. The molecule has 0 aliphatic heterocycles. The maximum Gasteiger partial charge on any atom is 0.310 e. The Hall–Kier alpha value is -0.940. The first kappa shape index (κ1) is 21.3. The monoisotopic (exact) mass is 405 g/mol. The van der Waals surface area contributed by atoms with Gasteiger partial charge in [-0.05, 0) is 67.6 Å². The van der Waals surface area contributed by atoms with Gasteiger partial charge in [-0.15, -0.1) is 0 Å². The van der Waals surface area contributed by atoms with Gasteiger partial charge in [0.25, 0.3) is 0 Å². The number of nitrogens with two attached hydrogens (primary N) is 1. The van der Waals surface area contributed by atoms with Crippen LogP contribution in [0.2, 0.25) is 0 Å². The van der Waals surface area contributed by atoms with Gasteiger partial charge >= 0.3 is 5.97 Å². The number of ketones is 1. The molecule has 4 aliphatic rings. The van der Waals surface area contributed by atoms with Gasteiger partial charge in [-0.25, -0.2) is 0 Å². The fraction of sp³-hybridized carbons (Fsp3) is 0.917. The lowest BCUT2D eigenvalue weighted by Gasteiger charge is -2.65. The Labute approximate surface area is 175 Å². The van der Waals surface area contributed by atoms with Gasteiger partial charge in [-0.2, -0.15) is 0 Å². The van der Waals surface area contributed by atoms with Gasteiger partial charge in [0.05, 0.1) is 11.5 Å². The van der Waals surface area contributed by atoms with E-state index in [4.69, 9.17) is 10.5 Å². The summed E-state index contributed by atoms with van der Waals surface area (Å²) in [6.45, 7) is 8.83. The maximum atomic E-state index is 12.7. The van der Waals surface area contributed by atoms with Crippen molar-refractivity contribution in [1.29, 1.82) is 0 Å². The number of ether oxygens (including phenoxy) is 1. The van der Waals surface area contributed by atoms with Crippen molar-refractivity contribution >= 4 is 11.8 Å². The summed E-state index contributed by atoms with van der Waals surface area (Å²) in [7, 11) is 0. The van der Waals surface area contributed by atoms with Crippen LogP contribution in [0.15, 0.2) is 0 Å². The van der Waals surface area contributed by atoms with Crippen molar-refractivity contribution in [3.63, 3.8) is 0 Å². The van der Waals surface area contributed by atoms with E-state index >= 15 is 0 Å². The van der Waals surface area contributed by atoms with Crippen LogP contribution >= 0.6 is 0 Å². The Morgan fingerprint density at radius 2 is 1.93 bits per heavy atom. The molecule has 4 fully saturated rings. The standard InChI is InChI=1S/C24H39NO4/c1-14-11-24(28)12-16(29-21(27)15(2)13-25)7-10-23(24,4)18-8-9-22(3)17(20(14)18)5-6-19(22)26/h14-18,20,28H,5-13,25H2,1-4H3/t14-,15?,16+,17+,18+,20+,22+,23-,24-/m1/s1. The number of esters is 1. The Morgan fingerprint density at radius 1 is 1.21 bits per heavy atom. The van der Waals surface area contributed by atoms with Gasteiger partial charge in [0.1, 0.15) is 11.9 Å². The number of hydrogen-bond donors (Lipinski definition) is 2. The second-order valence-electron chi connectivity index (χ2n) is 11.3. The lowest BCUT2D eigenvalue weighted by molar-refractivity contribution is -0.235. The van der Waals surface area contributed by atoms with Crippen molar-refractivity contribution in [2.45, 2.75) is 90.8 Å². The number of fused-ring (bicyclic) bond motifs is 5. The summed E-state index contributed by atoms with van der Waals surface area (Å²) in [5.74, 6) is 1.72. The molecule has 0 radical (unpaired) electrons. The zero-order valence-corrected chi connectivity index (χ0v) is 18.6. The first-order valence-corrected chi connectivity index (χ1v) is 11.7. The van der Waals surface area contributed by atoms with Gasteiger partial charge in [0.2, 0.25) is 0 Å². The number of rotatable bonds is 3. The molecule has 5 nitrogen and oxygen atoms in total. The van der Waals surface area contributed by atoms with Gasteiger partial charge in [0, 0.05) is 24.8 Å². The van der Waals surface area contributed by atoms with Gasteiger partial charge in [-0.3, -0.25) is 9.59 Å². The zero-order chi connectivity index (χ0) is 21.2. The molecule has 0 spiro atoms. The fourth-order valence-corrected chi connectivity index (χ4v) is 7.90. The summed E-state index contributed by atoms with van der Waals surface area (Å²) >= 11 is 0. The van der Waals surface area contributed by atoms with Crippen LogP contribution in [0.4, 0.5) is 0 Å². The average Bonchev–Trinajstić information content (AvgIpc) is 2.97. The quantitative estimate of drug-likeness (QED) is 0.702. The average molecular weight is 406 g/mol. The van der Waals surface area contributed by atoms with Gasteiger partial charge in [-0.1, -0.05) is 27.7 Å². The smallest absolute Gasteiger partial charge is 0.310 e. The number of hydrogen-bond acceptors (Lipinski definition) is 5. The summed E-state index contributed by atoms with van der Waals surface area (Å²) < 4.78 is 5.75. The second-order valence-corrected chi connectivity index (χ2v) is 11.3. The third-order valence-corrected chi connectivity index (χ3v) is 9.83. The van der Waals surface area contributed by atoms with Crippen LogP contribution in [0.5, 0.6) is 0 Å². The molecule has 3 N–H and O–H groups in total. The van der Waals surface area contributed by atoms with E-state index in [1.807, 2.05) is 0 Å². The largest absolute Gasteiger partial charge is 0.462 e. The molecule has 29 heavy (non-hydrogen) atoms. The van der Waals surface area contributed by atoms with E-state index in [0.29, 0.717) is 35.9 Å². The Kier molecular flexibility index (Phi) is 5.18. The van der Waals surface area contributed by atoms with E-state index in [2.05, 4.69) is 20.8 Å². The van der Waals surface area contributed by atoms with E-state index < -0.39 is 5.60 Å². The summed E-state index contributed by atoms with van der Waals surface area (Å²) in [6, 6.07) is 0. The minimum absolute atomic E-state index is 0.146. The van der Waals surface area contributed by atoms with E-state index in [9.17, 15) is 14.7 Å². The van der Waals surface area contributed by atoms with E-state index in [1.165, 1.54) is 0 Å². The lowest BCUT2D eigenvalue weighted by atomic mass is 9.41. The van der Waals surface area contributed by atoms with Crippen LogP contribution in [0.3, 0.4) is 0 Å². The Balaban J connectivity index is 1.57. The number of carbonyl (C=O) groups is 2. The van der Waals surface area contributed by atoms with Crippen LogP contribution < -0.4 is 5.73 Å². The van der Waals surface area contributed by atoms with Crippen LogP contribution in [-0.2, 0) is 14.3 Å². The molecule has 4 aliphatic carbocycles. The highest BCUT2D eigenvalue weighted by Gasteiger charge is 2.66. The number of Topliss-reactive ketones (excluding diaryl/α,β-unsaturated/α-hetero) is 1. The molecule has 0 bridgehead atoms. The molecular formula is C24H39NO4. The maximum absolute atomic E-state index is 12.7. The van der Waals surface area contributed by atoms with Crippen molar-refractivity contribution in [2.24, 2.45) is 46.2 Å².